The van der Waals surface area contributed by atoms with Crippen LogP contribution in [0, 0.1) is 5.92 Å². The predicted octanol–water partition coefficient (Wildman–Crippen LogP) is 4.28. The number of benzene rings is 1. The van der Waals surface area contributed by atoms with Crippen LogP contribution in [-0.4, -0.2) is 53.0 Å². The number of nitrogens with zero attached hydrogens (tertiary/aromatic N) is 4. The van der Waals surface area contributed by atoms with E-state index in [0.29, 0.717) is 21.8 Å². The van der Waals surface area contributed by atoms with Crippen molar-refractivity contribution in [3.05, 3.63) is 53.9 Å². The molecule has 0 spiro atoms. The molecule has 182 valence electrons. The van der Waals surface area contributed by atoms with Gasteiger partial charge in [0.05, 0.1) is 24.2 Å². The summed E-state index contributed by atoms with van der Waals surface area (Å²) in [7, 11) is 2.51. The Labute approximate surface area is 204 Å². The van der Waals surface area contributed by atoms with Gasteiger partial charge in [-0.3, -0.25) is 14.6 Å². The highest BCUT2D eigenvalue weighted by Crippen LogP contribution is 2.38. The van der Waals surface area contributed by atoms with E-state index in [1.165, 1.54) is 25.3 Å². The Bertz CT molecular complexity index is 1350. The number of methoxy groups -OCH3 is 1. The van der Waals surface area contributed by atoms with Crippen molar-refractivity contribution in [2.45, 2.75) is 19.3 Å². The van der Waals surface area contributed by atoms with Crippen LogP contribution in [-0.2, 0) is 4.79 Å². The van der Waals surface area contributed by atoms with E-state index in [1.807, 2.05) is 0 Å². The maximum absolute atomic E-state index is 13.0. The van der Waals surface area contributed by atoms with Crippen molar-refractivity contribution in [2.75, 3.05) is 31.8 Å². The number of halogens is 2. The third-order valence-electron chi connectivity index (χ3n) is 5.30. The molecule has 0 atom stereocenters. The van der Waals surface area contributed by atoms with E-state index in [0.717, 1.165) is 26.1 Å². The first-order valence-corrected chi connectivity index (χ1v) is 10.6. The molecular formula is C24H24F2N6O3. The second kappa shape index (κ2) is 10.00. The lowest BCUT2D eigenvalue weighted by Gasteiger charge is -2.18. The Balaban J connectivity index is 1.74. The van der Waals surface area contributed by atoms with Gasteiger partial charge in [0.2, 0.25) is 5.91 Å². The van der Waals surface area contributed by atoms with Gasteiger partial charge in [0.15, 0.2) is 17.3 Å². The highest BCUT2D eigenvalue weighted by Gasteiger charge is 2.30. The summed E-state index contributed by atoms with van der Waals surface area (Å²) in [6, 6.07) is 9.02. The molecule has 0 unspecified atom stereocenters. The maximum Gasteiger partial charge on any atom is 0.276 e. The van der Waals surface area contributed by atoms with Gasteiger partial charge in [0.25, 0.3) is 12.3 Å². The monoisotopic (exact) mass is 485 g/mol. The fourth-order valence-corrected chi connectivity index (χ4v) is 3.33. The molecule has 2 amide bonds. The molecule has 9 nitrogen and oxygen atoms in total. The van der Waals surface area contributed by atoms with Crippen molar-refractivity contribution in [2.24, 2.45) is 5.92 Å². The number of carbonyl (C=O) groups is 2. The molecule has 1 aliphatic rings. The molecule has 11 heteroatoms. The number of ether oxygens (including phenoxy) is 1. The van der Waals surface area contributed by atoms with Crippen molar-refractivity contribution < 1.29 is 27.2 Å². The summed E-state index contributed by atoms with van der Waals surface area (Å²) >= 11 is 0. The topological polar surface area (TPSA) is 109 Å². The fraction of sp³-hybridized carbons (Fsp3) is 0.292. The van der Waals surface area contributed by atoms with Crippen LogP contribution in [0.15, 0.2) is 42.6 Å². The summed E-state index contributed by atoms with van der Waals surface area (Å²) in [5.41, 5.74) is 0.687. The number of carbonyl (C=O) groups excluding carboxylic acids is 2. The summed E-state index contributed by atoms with van der Waals surface area (Å²) in [6.45, 7) is -2.73. The van der Waals surface area contributed by atoms with E-state index < -0.39 is 19.3 Å². The third kappa shape index (κ3) is 5.34. The number of anilines is 3. The lowest BCUT2D eigenvalue weighted by Crippen LogP contribution is -2.25. The van der Waals surface area contributed by atoms with Crippen molar-refractivity contribution in [3.8, 4) is 17.0 Å². The number of para-hydroxylation sites is 1. The van der Waals surface area contributed by atoms with E-state index in [4.69, 9.17) is 8.85 Å². The smallest absolute Gasteiger partial charge is 0.276 e. The molecule has 0 saturated heterocycles. The number of hydrogen-bond donors (Lipinski definition) is 2. The molecule has 1 aromatic carbocycles. The van der Waals surface area contributed by atoms with Crippen molar-refractivity contribution in [1.29, 1.82) is 0 Å². The number of aromatic nitrogens is 3. The first-order valence-electron chi connectivity index (χ1n) is 12.1. The minimum Gasteiger partial charge on any atom is -0.494 e. The number of nitrogens with one attached hydrogen (secondary N) is 2. The molecule has 3 aromatic rings. The zero-order valence-corrected chi connectivity index (χ0v) is 18.9. The number of alkyl halides is 2. The Morgan fingerprint density at radius 3 is 2.63 bits per heavy atom. The van der Waals surface area contributed by atoms with Gasteiger partial charge in [-0.1, -0.05) is 6.07 Å². The van der Waals surface area contributed by atoms with E-state index in [2.05, 4.69) is 25.8 Å². The SMILES string of the molecule is [2H]C([2H])([2H])N(C)C(=O)c1nnc(NC(=O)C2CC2)cc1Nc1cccc(-c2ccc(C(F)F)cn2)c1OC. The van der Waals surface area contributed by atoms with Gasteiger partial charge in [-0.05, 0) is 37.1 Å². The van der Waals surface area contributed by atoms with E-state index in [1.54, 1.807) is 18.2 Å². The molecule has 2 aromatic heterocycles. The molecule has 2 N–H and O–H groups in total. The van der Waals surface area contributed by atoms with E-state index >= 15 is 0 Å². The molecule has 0 aliphatic heterocycles. The maximum atomic E-state index is 13.0. The lowest BCUT2D eigenvalue weighted by molar-refractivity contribution is -0.117. The fourth-order valence-electron chi connectivity index (χ4n) is 3.33. The summed E-state index contributed by atoms with van der Waals surface area (Å²) < 4.78 is 54.2. The van der Waals surface area contributed by atoms with Crippen LogP contribution in [0.1, 0.15) is 39.4 Å². The standard InChI is InChI=1S/C24H24F2N6O3/c1-32(2)24(34)20-18(11-19(30-31-20)29-23(33)13-7-8-13)28-17-6-4-5-15(21(17)35-3)16-10-9-14(12-27-16)22(25)26/h4-6,9-13,22H,7-8H2,1-3H3,(H2,28,29,30,33)/i1D3. The summed E-state index contributed by atoms with van der Waals surface area (Å²) in [5, 5.41) is 13.5. The zero-order chi connectivity index (χ0) is 27.6. The molecule has 0 radical (unpaired) electrons. The first-order chi connectivity index (χ1) is 18.0. The summed E-state index contributed by atoms with van der Waals surface area (Å²) in [6.07, 6.45) is -0.0617. The number of pyridine rings is 1. The van der Waals surface area contributed by atoms with Gasteiger partial charge in [-0.2, -0.15) is 0 Å². The Kier molecular flexibility index (Phi) is 5.78. The van der Waals surface area contributed by atoms with Crippen LogP contribution < -0.4 is 15.4 Å². The molecule has 2 heterocycles. The van der Waals surface area contributed by atoms with Crippen LogP contribution in [0.3, 0.4) is 0 Å². The number of hydrogen-bond acceptors (Lipinski definition) is 7. The molecule has 1 saturated carbocycles. The average Bonchev–Trinajstić information content (AvgIpc) is 3.73. The summed E-state index contributed by atoms with van der Waals surface area (Å²) in [4.78, 5) is 29.9. The van der Waals surface area contributed by atoms with E-state index in [-0.39, 0.29) is 40.3 Å². The van der Waals surface area contributed by atoms with Gasteiger partial charge >= 0.3 is 0 Å². The Morgan fingerprint density at radius 2 is 2.00 bits per heavy atom. The minimum atomic E-state index is -2.73. The third-order valence-corrected chi connectivity index (χ3v) is 5.30. The molecular weight excluding hydrogens is 458 g/mol. The average molecular weight is 486 g/mol. The van der Waals surface area contributed by atoms with Crippen LogP contribution in [0.2, 0.25) is 0 Å². The Morgan fingerprint density at radius 1 is 1.20 bits per heavy atom. The van der Waals surface area contributed by atoms with Crippen molar-refractivity contribution in [1.82, 2.24) is 20.1 Å². The Hall–Kier alpha value is -4.15. The van der Waals surface area contributed by atoms with Crippen molar-refractivity contribution in [3.63, 3.8) is 0 Å². The number of amides is 2. The van der Waals surface area contributed by atoms with Crippen LogP contribution in [0.5, 0.6) is 5.75 Å². The highest BCUT2D eigenvalue weighted by atomic mass is 19.3. The van der Waals surface area contributed by atoms with Crippen LogP contribution >= 0.6 is 0 Å². The van der Waals surface area contributed by atoms with Gasteiger partial charge < -0.3 is 20.3 Å². The predicted molar refractivity (Wildman–Crippen MR) is 126 cm³/mol. The molecule has 1 fully saturated rings. The largest absolute Gasteiger partial charge is 0.494 e. The number of rotatable bonds is 8. The highest BCUT2D eigenvalue weighted by molar-refractivity contribution is 6.00. The van der Waals surface area contributed by atoms with Crippen LogP contribution in [0.25, 0.3) is 11.3 Å². The zero-order valence-electron chi connectivity index (χ0n) is 21.9. The molecule has 0 bridgehead atoms. The second-order valence-corrected chi connectivity index (χ2v) is 7.91. The summed E-state index contributed by atoms with van der Waals surface area (Å²) in [5.74, 6) is -0.942. The molecule has 1 aliphatic carbocycles. The molecule has 35 heavy (non-hydrogen) atoms. The normalized spacial score (nSPS) is 14.5. The minimum absolute atomic E-state index is 0.0589. The lowest BCUT2D eigenvalue weighted by atomic mass is 10.1. The van der Waals surface area contributed by atoms with Gasteiger partial charge in [-0.25, -0.2) is 8.78 Å². The van der Waals surface area contributed by atoms with E-state index in [9.17, 15) is 18.4 Å². The van der Waals surface area contributed by atoms with Crippen LogP contribution in [0.4, 0.5) is 26.0 Å². The van der Waals surface area contributed by atoms with Gasteiger partial charge in [0.1, 0.15) is 0 Å². The quantitative estimate of drug-likeness (QED) is 0.490. The first kappa shape index (κ1) is 20.2. The van der Waals surface area contributed by atoms with Crippen molar-refractivity contribution >= 4 is 29.0 Å². The van der Waals surface area contributed by atoms with Gasteiger partial charge in [-0.15, -0.1) is 10.2 Å². The second-order valence-electron chi connectivity index (χ2n) is 7.91. The molecule has 4 rings (SSSR count). The van der Waals surface area contributed by atoms with Gasteiger partial charge in [0, 0.05) is 47.4 Å².